The maximum absolute atomic E-state index is 12.2. The van der Waals surface area contributed by atoms with E-state index in [-0.39, 0.29) is 5.89 Å². The highest BCUT2D eigenvalue weighted by Crippen LogP contribution is 2.24. The molecule has 31 heavy (non-hydrogen) atoms. The third kappa shape index (κ3) is 4.80. The minimum absolute atomic E-state index is 0.247. The van der Waals surface area contributed by atoms with Gasteiger partial charge < -0.3 is 13.9 Å². The van der Waals surface area contributed by atoms with Gasteiger partial charge in [0.25, 0.3) is 5.89 Å². The number of ether oxygens (including phenoxy) is 2. The zero-order valence-electron chi connectivity index (χ0n) is 17.5. The molecular formula is C25H22N2O4. The van der Waals surface area contributed by atoms with Gasteiger partial charge in [-0.05, 0) is 66.6 Å². The van der Waals surface area contributed by atoms with Gasteiger partial charge in [0.15, 0.2) is 6.10 Å². The minimum Gasteiger partial charge on any atom is -0.497 e. The molecule has 0 spiro atoms. The molecule has 0 radical (unpaired) electrons. The van der Waals surface area contributed by atoms with Crippen LogP contribution in [0.5, 0.6) is 5.75 Å². The maximum atomic E-state index is 12.2. The van der Waals surface area contributed by atoms with Crippen molar-refractivity contribution in [1.82, 2.24) is 10.2 Å². The van der Waals surface area contributed by atoms with E-state index < -0.39 is 12.1 Å². The Kier molecular flexibility index (Phi) is 5.80. The molecule has 0 bridgehead atoms. The van der Waals surface area contributed by atoms with Crippen LogP contribution in [0.15, 0.2) is 71.2 Å². The van der Waals surface area contributed by atoms with E-state index in [0.717, 1.165) is 33.2 Å². The molecule has 4 aromatic rings. The van der Waals surface area contributed by atoms with Crippen LogP contribution in [0.1, 0.15) is 30.0 Å². The lowest BCUT2D eigenvalue weighted by Gasteiger charge is -2.07. The van der Waals surface area contributed by atoms with E-state index >= 15 is 0 Å². The van der Waals surface area contributed by atoms with Crippen LogP contribution in [0.4, 0.5) is 0 Å². The van der Waals surface area contributed by atoms with E-state index in [2.05, 4.69) is 10.2 Å². The fourth-order valence-electron chi connectivity index (χ4n) is 3.11. The van der Waals surface area contributed by atoms with Crippen LogP contribution in [0, 0.1) is 6.92 Å². The van der Waals surface area contributed by atoms with Gasteiger partial charge in [0.1, 0.15) is 5.75 Å². The van der Waals surface area contributed by atoms with Crippen molar-refractivity contribution < 1.29 is 18.7 Å². The second-order valence-electron chi connectivity index (χ2n) is 7.20. The number of fused-ring (bicyclic) bond motifs is 1. The summed E-state index contributed by atoms with van der Waals surface area (Å²) in [6.45, 7) is 3.70. The van der Waals surface area contributed by atoms with Gasteiger partial charge in [-0.2, -0.15) is 0 Å². The smallest absolute Gasteiger partial charge is 0.331 e. The molecule has 0 saturated heterocycles. The average Bonchev–Trinajstić information content (AvgIpc) is 3.28. The Hall–Kier alpha value is -3.93. The third-order valence-corrected chi connectivity index (χ3v) is 4.86. The highest BCUT2D eigenvalue weighted by molar-refractivity contribution is 5.90. The topological polar surface area (TPSA) is 74.5 Å². The van der Waals surface area contributed by atoms with Gasteiger partial charge in [-0.25, -0.2) is 4.79 Å². The van der Waals surface area contributed by atoms with Crippen molar-refractivity contribution in [3.63, 3.8) is 0 Å². The summed E-state index contributed by atoms with van der Waals surface area (Å²) >= 11 is 0. The molecule has 6 nitrogen and oxygen atoms in total. The molecule has 0 fully saturated rings. The molecule has 6 heteroatoms. The summed E-state index contributed by atoms with van der Waals surface area (Å²) in [5.74, 6) is 0.954. The molecule has 1 aromatic heterocycles. The van der Waals surface area contributed by atoms with E-state index in [1.54, 1.807) is 20.1 Å². The van der Waals surface area contributed by atoms with Crippen molar-refractivity contribution in [1.29, 1.82) is 0 Å². The SMILES string of the molecule is COc1ccc2cc(/C=C/C(=O)OC(C)c3nnc(-c4ccc(C)cc4)o3)ccc2c1. The van der Waals surface area contributed by atoms with Crippen molar-refractivity contribution >= 4 is 22.8 Å². The van der Waals surface area contributed by atoms with Gasteiger partial charge in [0, 0.05) is 11.6 Å². The minimum atomic E-state index is -0.659. The first kappa shape index (κ1) is 20.3. The van der Waals surface area contributed by atoms with Crippen LogP contribution < -0.4 is 4.74 Å². The molecule has 0 amide bonds. The number of methoxy groups -OCH3 is 1. The summed E-state index contributed by atoms with van der Waals surface area (Å²) in [6.07, 6.45) is 2.44. The second kappa shape index (κ2) is 8.83. The van der Waals surface area contributed by atoms with E-state index in [0.29, 0.717) is 5.89 Å². The number of nitrogens with zero attached hydrogens (tertiary/aromatic N) is 2. The van der Waals surface area contributed by atoms with Gasteiger partial charge in [0.05, 0.1) is 7.11 Å². The Morgan fingerprint density at radius 3 is 2.52 bits per heavy atom. The Bertz CT molecular complexity index is 1240. The predicted molar refractivity (Wildman–Crippen MR) is 119 cm³/mol. The van der Waals surface area contributed by atoms with Crippen molar-refractivity contribution in [2.75, 3.05) is 7.11 Å². The largest absolute Gasteiger partial charge is 0.497 e. The summed E-state index contributed by atoms with van der Waals surface area (Å²) in [6, 6.07) is 19.5. The summed E-state index contributed by atoms with van der Waals surface area (Å²) < 4.78 is 16.3. The molecule has 0 N–H and O–H groups in total. The molecule has 1 heterocycles. The van der Waals surface area contributed by atoms with Crippen LogP contribution in [-0.4, -0.2) is 23.3 Å². The fraction of sp³-hybridized carbons (Fsp3) is 0.160. The summed E-state index contributed by atoms with van der Waals surface area (Å²) in [7, 11) is 1.64. The van der Waals surface area contributed by atoms with E-state index in [9.17, 15) is 4.79 Å². The monoisotopic (exact) mass is 414 g/mol. The number of aromatic nitrogens is 2. The molecule has 3 aromatic carbocycles. The number of hydrogen-bond acceptors (Lipinski definition) is 6. The van der Waals surface area contributed by atoms with Crippen LogP contribution in [0.25, 0.3) is 28.3 Å². The lowest BCUT2D eigenvalue weighted by molar-refractivity contribution is -0.143. The number of aryl methyl sites for hydroxylation is 1. The number of benzene rings is 3. The van der Waals surface area contributed by atoms with Crippen molar-refractivity contribution in [2.24, 2.45) is 0 Å². The van der Waals surface area contributed by atoms with Crippen LogP contribution in [0.2, 0.25) is 0 Å². The number of esters is 1. The molecule has 0 aliphatic rings. The van der Waals surface area contributed by atoms with Gasteiger partial charge in [-0.15, -0.1) is 10.2 Å². The van der Waals surface area contributed by atoms with E-state index in [1.165, 1.54) is 6.08 Å². The maximum Gasteiger partial charge on any atom is 0.331 e. The molecule has 0 aliphatic heterocycles. The summed E-state index contributed by atoms with van der Waals surface area (Å²) in [5.41, 5.74) is 2.85. The molecule has 156 valence electrons. The van der Waals surface area contributed by atoms with E-state index in [1.807, 2.05) is 67.6 Å². The molecule has 1 unspecified atom stereocenters. The Morgan fingerprint density at radius 2 is 1.74 bits per heavy atom. The lowest BCUT2D eigenvalue weighted by atomic mass is 10.1. The van der Waals surface area contributed by atoms with Crippen molar-refractivity contribution in [3.05, 3.63) is 83.8 Å². The highest BCUT2D eigenvalue weighted by Gasteiger charge is 2.18. The molecule has 1 atom stereocenters. The molecular weight excluding hydrogens is 392 g/mol. The second-order valence-corrected chi connectivity index (χ2v) is 7.20. The lowest BCUT2D eigenvalue weighted by Crippen LogP contribution is -2.06. The van der Waals surface area contributed by atoms with Crippen LogP contribution in [0.3, 0.4) is 0 Å². The normalized spacial score (nSPS) is 12.2. The van der Waals surface area contributed by atoms with Crippen LogP contribution in [-0.2, 0) is 9.53 Å². The highest BCUT2D eigenvalue weighted by atomic mass is 16.6. The average molecular weight is 414 g/mol. The van der Waals surface area contributed by atoms with Gasteiger partial charge in [-0.1, -0.05) is 35.9 Å². The molecule has 0 aliphatic carbocycles. The Balaban J connectivity index is 1.40. The molecule has 4 rings (SSSR count). The Labute approximate surface area is 180 Å². The first-order chi connectivity index (χ1) is 15.0. The number of carbonyl (C=O) groups excluding carboxylic acids is 1. The standard InChI is InChI=1S/C25H22N2O4/c1-16-4-8-19(9-5-16)25-27-26-24(31-25)17(2)30-23(28)13-7-18-6-10-21-15-22(29-3)12-11-20(21)14-18/h4-15,17H,1-3H3/b13-7+. The quantitative estimate of drug-likeness (QED) is 0.305. The molecule has 0 saturated carbocycles. The van der Waals surface area contributed by atoms with Crippen molar-refractivity contribution in [2.45, 2.75) is 20.0 Å². The zero-order chi connectivity index (χ0) is 21.8. The summed E-state index contributed by atoms with van der Waals surface area (Å²) in [4.78, 5) is 12.2. The fourth-order valence-corrected chi connectivity index (χ4v) is 3.11. The Morgan fingerprint density at radius 1 is 1.00 bits per heavy atom. The predicted octanol–water partition coefficient (Wildman–Crippen LogP) is 5.52. The van der Waals surface area contributed by atoms with Gasteiger partial charge in [0.2, 0.25) is 5.89 Å². The third-order valence-electron chi connectivity index (χ3n) is 4.86. The zero-order valence-corrected chi connectivity index (χ0v) is 17.5. The number of hydrogen-bond donors (Lipinski definition) is 0. The van der Waals surface area contributed by atoms with Gasteiger partial charge >= 0.3 is 5.97 Å². The van der Waals surface area contributed by atoms with Gasteiger partial charge in [-0.3, -0.25) is 0 Å². The number of carbonyl (C=O) groups is 1. The summed E-state index contributed by atoms with van der Waals surface area (Å²) in [5, 5.41) is 10.2. The number of rotatable bonds is 6. The first-order valence-electron chi connectivity index (χ1n) is 9.89. The van der Waals surface area contributed by atoms with Crippen molar-refractivity contribution in [3.8, 4) is 17.2 Å². The van der Waals surface area contributed by atoms with E-state index in [4.69, 9.17) is 13.9 Å². The van der Waals surface area contributed by atoms with Crippen LogP contribution >= 0.6 is 0 Å². The first-order valence-corrected chi connectivity index (χ1v) is 9.89.